The van der Waals surface area contributed by atoms with Crippen LogP contribution < -0.4 is 5.32 Å². The lowest BCUT2D eigenvalue weighted by Gasteiger charge is -2.23. The summed E-state index contributed by atoms with van der Waals surface area (Å²) in [6, 6.07) is 12.8. The maximum absolute atomic E-state index is 13.1. The molecule has 0 fully saturated rings. The highest BCUT2D eigenvalue weighted by atomic mass is 35.5. The van der Waals surface area contributed by atoms with E-state index in [-0.39, 0.29) is 29.8 Å². The van der Waals surface area contributed by atoms with Gasteiger partial charge in [0.2, 0.25) is 15.9 Å². The molecule has 0 saturated carbocycles. The molecule has 0 radical (unpaired) electrons. The van der Waals surface area contributed by atoms with E-state index in [4.69, 9.17) is 23.2 Å². The summed E-state index contributed by atoms with van der Waals surface area (Å²) in [5.74, 6) is -0.105. The molecule has 146 valence electrons. The number of amides is 1. The van der Waals surface area contributed by atoms with Crippen molar-refractivity contribution in [1.29, 1.82) is 0 Å². The molecule has 2 rings (SSSR count). The van der Waals surface area contributed by atoms with Crippen molar-refractivity contribution in [2.75, 3.05) is 13.1 Å². The second-order valence-corrected chi connectivity index (χ2v) is 9.30. The normalized spacial score (nSPS) is 11.8. The molecule has 5 nitrogen and oxygen atoms in total. The zero-order valence-electron chi connectivity index (χ0n) is 15.2. The van der Waals surface area contributed by atoms with Crippen molar-refractivity contribution in [2.24, 2.45) is 5.92 Å². The largest absolute Gasteiger partial charge is 0.355 e. The molecular formula is C19H22Cl2N2O3S. The third kappa shape index (κ3) is 6.21. The lowest BCUT2D eigenvalue weighted by molar-refractivity contribution is -0.121. The summed E-state index contributed by atoms with van der Waals surface area (Å²) < 4.78 is 27.2. The molecule has 8 heteroatoms. The van der Waals surface area contributed by atoms with Crippen molar-refractivity contribution >= 4 is 39.1 Å². The fourth-order valence-corrected chi connectivity index (χ4v) is 4.21. The molecule has 2 aromatic rings. The maximum Gasteiger partial charge on any atom is 0.243 e. The Kier molecular flexibility index (Phi) is 7.68. The Hall–Kier alpha value is -1.60. The predicted octanol–water partition coefficient (Wildman–Crippen LogP) is 3.96. The Labute approximate surface area is 170 Å². The summed E-state index contributed by atoms with van der Waals surface area (Å²) in [6.45, 7) is 4.06. The Balaban J connectivity index is 2.31. The van der Waals surface area contributed by atoms with Crippen molar-refractivity contribution < 1.29 is 13.2 Å². The number of carbonyl (C=O) groups excluding carboxylic acids is 1. The standard InChI is InChI=1S/C19H22Cl2N2O3S/c1-14(2)11-22-19(24)13-23(12-15-8-9-16(20)10-18(15)21)27(25,26)17-6-4-3-5-7-17/h3-10,14H,11-13H2,1-2H3,(H,22,24). The van der Waals surface area contributed by atoms with Gasteiger partial charge >= 0.3 is 0 Å². The van der Waals surface area contributed by atoms with Crippen molar-refractivity contribution in [1.82, 2.24) is 9.62 Å². The number of halogens is 2. The lowest BCUT2D eigenvalue weighted by Crippen LogP contribution is -2.41. The number of sulfonamides is 1. The molecule has 0 aromatic heterocycles. The van der Waals surface area contributed by atoms with Crippen molar-refractivity contribution in [3.63, 3.8) is 0 Å². The first-order valence-corrected chi connectivity index (χ1v) is 10.7. The number of nitrogens with one attached hydrogen (secondary N) is 1. The third-order valence-electron chi connectivity index (χ3n) is 3.77. The van der Waals surface area contributed by atoms with Crippen LogP contribution in [0.1, 0.15) is 19.4 Å². The van der Waals surface area contributed by atoms with E-state index >= 15 is 0 Å². The highest BCUT2D eigenvalue weighted by molar-refractivity contribution is 7.89. The Morgan fingerprint density at radius 2 is 1.78 bits per heavy atom. The number of hydrogen-bond donors (Lipinski definition) is 1. The van der Waals surface area contributed by atoms with E-state index < -0.39 is 10.0 Å². The monoisotopic (exact) mass is 428 g/mol. The van der Waals surface area contributed by atoms with Gasteiger partial charge in [0.25, 0.3) is 0 Å². The van der Waals surface area contributed by atoms with Crippen LogP contribution in [0.25, 0.3) is 0 Å². The van der Waals surface area contributed by atoms with E-state index in [0.717, 1.165) is 4.31 Å². The summed E-state index contributed by atoms with van der Waals surface area (Å²) in [6.07, 6.45) is 0. The zero-order chi connectivity index (χ0) is 20.0. The molecule has 0 aliphatic heterocycles. The van der Waals surface area contributed by atoms with Crippen molar-refractivity contribution in [3.05, 3.63) is 64.1 Å². The quantitative estimate of drug-likeness (QED) is 0.691. The molecule has 1 amide bonds. The van der Waals surface area contributed by atoms with E-state index in [0.29, 0.717) is 22.2 Å². The van der Waals surface area contributed by atoms with Crippen molar-refractivity contribution in [2.45, 2.75) is 25.3 Å². The van der Waals surface area contributed by atoms with Gasteiger partial charge in [0.05, 0.1) is 11.4 Å². The Morgan fingerprint density at radius 3 is 2.37 bits per heavy atom. The molecule has 0 saturated heterocycles. The van der Waals surface area contributed by atoms with E-state index in [2.05, 4.69) is 5.32 Å². The summed E-state index contributed by atoms with van der Waals surface area (Å²) in [7, 11) is -3.88. The summed E-state index contributed by atoms with van der Waals surface area (Å²) in [4.78, 5) is 12.4. The SMILES string of the molecule is CC(C)CNC(=O)CN(Cc1ccc(Cl)cc1Cl)S(=O)(=O)c1ccccc1. The third-order valence-corrected chi connectivity index (χ3v) is 6.16. The van der Waals surface area contributed by atoms with E-state index in [9.17, 15) is 13.2 Å². The Morgan fingerprint density at radius 1 is 1.11 bits per heavy atom. The molecule has 27 heavy (non-hydrogen) atoms. The van der Waals surface area contributed by atoms with Gasteiger partial charge in [-0.25, -0.2) is 8.42 Å². The fourth-order valence-electron chi connectivity index (χ4n) is 2.34. The zero-order valence-corrected chi connectivity index (χ0v) is 17.5. The minimum absolute atomic E-state index is 0.0394. The number of carbonyl (C=O) groups is 1. The smallest absolute Gasteiger partial charge is 0.243 e. The fraction of sp³-hybridized carbons (Fsp3) is 0.316. The summed E-state index contributed by atoms with van der Waals surface area (Å²) >= 11 is 12.1. The molecule has 0 bridgehead atoms. The molecular weight excluding hydrogens is 407 g/mol. The van der Waals surface area contributed by atoms with Crippen LogP contribution in [0.4, 0.5) is 0 Å². The number of rotatable bonds is 8. The maximum atomic E-state index is 13.1. The minimum atomic E-state index is -3.88. The highest BCUT2D eigenvalue weighted by Gasteiger charge is 2.27. The first-order valence-electron chi connectivity index (χ1n) is 8.46. The van der Waals surface area contributed by atoms with E-state index in [1.54, 1.807) is 36.4 Å². The second-order valence-electron chi connectivity index (χ2n) is 6.52. The van der Waals surface area contributed by atoms with Crippen LogP contribution in [0.5, 0.6) is 0 Å². The van der Waals surface area contributed by atoms with Gasteiger partial charge in [-0.1, -0.05) is 61.3 Å². The van der Waals surface area contributed by atoms with Crippen LogP contribution in [-0.2, 0) is 21.4 Å². The predicted molar refractivity (Wildman–Crippen MR) is 108 cm³/mol. The van der Waals surface area contributed by atoms with Gasteiger partial charge in [-0.2, -0.15) is 4.31 Å². The van der Waals surface area contributed by atoms with Gasteiger partial charge in [-0.15, -0.1) is 0 Å². The number of nitrogens with zero attached hydrogens (tertiary/aromatic N) is 1. The highest BCUT2D eigenvalue weighted by Crippen LogP contribution is 2.25. The Bertz CT molecular complexity index is 887. The molecule has 0 heterocycles. The molecule has 0 atom stereocenters. The van der Waals surface area contributed by atoms with Crippen LogP contribution in [0, 0.1) is 5.92 Å². The summed E-state index contributed by atoms with van der Waals surface area (Å²) in [5, 5.41) is 3.55. The molecule has 0 aliphatic rings. The number of hydrogen-bond acceptors (Lipinski definition) is 3. The van der Waals surface area contributed by atoms with E-state index in [1.807, 2.05) is 13.8 Å². The van der Waals surface area contributed by atoms with Crippen LogP contribution in [0.15, 0.2) is 53.4 Å². The molecule has 0 spiro atoms. The average molecular weight is 429 g/mol. The molecule has 0 unspecified atom stereocenters. The van der Waals surface area contributed by atoms with Gasteiger partial charge in [-0.05, 0) is 35.7 Å². The van der Waals surface area contributed by atoms with Crippen LogP contribution in [0.3, 0.4) is 0 Å². The van der Waals surface area contributed by atoms with Crippen LogP contribution in [0.2, 0.25) is 10.0 Å². The van der Waals surface area contributed by atoms with Crippen LogP contribution >= 0.6 is 23.2 Å². The average Bonchev–Trinajstić information content (AvgIpc) is 2.62. The summed E-state index contributed by atoms with van der Waals surface area (Å²) in [5.41, 5.74) is 0.567. The molecule has 2 aromatic carbocycles. The molecule has 0 aliphatic carbocycles. The van der Waals surface area contributed by atoms with Gasteiger partial charge in [-0.3, -0.25) is 4.79 Å². The van der Waals surface area contributed by atoms with Gasteiger partial charge in [0, 0.05) is 23.1 Å². The van der Waals surface area contributed by atoms with Gasteiger partial charge < -0.3 is 5.32 Å². The van der Waals surface area contributed by atoms with Crippen molar-refractivity contribution in [3.8, 4) is 0 Å². The first-order chi connectivity index (χ1) is 12.7. The number of benzene rings is 2. The first kappa shape index (κ1) is 21.7. The second kappa shape index (κ2) is 9.55. The topological polar surface area (TPSA) is 66.5 Å². The molecule has 1 N–H and O–H groups in total. The van der Waals surface area contributed by atoms with E-state index in [1.165, 1.54) is 12.1 Å². The van der Waals surface area contributed by atoms with Crippen LogP contribution in [-0.4, -0.2) is 31.7 Å². The van der Waals surface area contributed by atoms with Gasteiger partial charge in [0.15, 0.2) is 0 Å². The minimum Gasteiger partial charge on any atom is -0.355 e. The van der Waals surface area contributed by atoms with Gasteiger partial charge in [0.1, 0.15) is 0 Å². The lowest BCUT2D eigenvalue weighted by atomic mass is 10.2.